The highest BCUT2D eigenvalue weighted by molar-refractivity contribution is 5.76. The van der Waals surface area contributed by atoms with Gasteiger partial charge in [-0.15, -0.1) is 0 Å². The number of hydrogen-bond donors (Lipinski definition) is 2. The van der Waals surface area contributed by atoms with E-state index in [4.69, 9.17) is 5.11 Å². The Morgan fingerprint density at radius 1 is 1.56 bits per heavy atom. The summed E-state index contributed by atoms with van der Waals surface area (Å²) in [6.45, 7) is 2.61. The maximum Gasteiger partial charge on any atom is 0.319 e. The fourth-order valence-electron chi connectivity index (χ4n) is 1.72. The largest absolute Gasteiger partial charge is 0.481 e. The number of hydrogen-bond acceptors (Lipinski definition) is 3. The maximum atomic E-state index is 11.8. The summed E-state index contributed by atoms with van der Waals surface area (Å²) in [5.41, 5.74) is 0. The smallest absolute Gasteiger partial charge is 0.319 e. The van der Waals surface area contributed by atoms with E-state index in [1.165, 1.54) is 4.90 Å². The zero-order valence-electron chi connectivity index (χ0n) is 9.59. The molecule has 0 aromatic rings. The molecule has 1 aliphatic heterocycles. The summed E-state index contributed by atoms with van der Waals surface area (Å²) in [5.74, 6) is -1.50. The Kier molecular flexibility index (Phi) is 4.12. The Morgan fingerprint density at radius 3 is 2.62 bits per heavy atom. The number of carboxylic acids is 1. The van der Waals surface area contributed by atoms with Crippen molar-refractivity contribution in [1.82, 2.24) is 9.80 Å². The molecule has 2 N–H and O–H groups in total. The standard InChI is InChI=1S/C10H18N2O4/c1-7(9(14)15)5-11(2)10(16)12-4-3-8(13)6-12/h7-8,13H,3-6H2,1-2H3,(H,14,15). The predicted molar refractivity (Wildman–Crippen MR) is 57.0 cm³/mol. The van der Waals surface area contributed by atoms with Crippen LogP contribution >= 0.6 is 0 Å². The molecule has 1 fully saturated rings. The summed E-state index contributed by atoms with van der Waals surface area (Å²) in [7, 11) is 1.58. The van der Waals surface area contributed by atoms with E-state index in [0.29, 0.717) is 19.5 Å². The normalized spacial score (nSPS) is 21.9. The molecule has 1 aliphatic rings. The SMILES string of the molecule is CC(CN(C)C(=O)N1CCC(O)C1)C(=O)O. The summed E-state index contributed by atoms with van der Waals surface area (Å²) in [6.07, 6.45) is 0.142. The number of nitrogens with zero attached hydrogens (tertiary/aromatic N) is 2. The van der Waals surface area contributed by atoms with Gasteiger partial charge in [0.1, 0.15) is 0 Å². The molecule has 2 amide bonds. The molecule has 0 saturated carbocycles. The summed E-state index contributed by atoms with van der Waals surface area (Å²) < 4.78 is 0. The van der Waals surface area contributed by atoms with Crippen molar-refractivity contribution < 1.29 is 19.8 Å². The first kappa shape index (κ1) is 12.8. The summed E-state index contributed by atoms with van der Waals surface area (Å²) in [5, 5.41) is 18.0. The van der Waals surface area contributed by atoms with E-state index in [0.717, 1.165) is 0 Å². The monoisotopic (exact) mass is 230 g/mol. The van der Waals surface area contributed by atoms with Crippen LogP contribution in [0.3, 0.4) is 0 Å². The van der Waals surface area contributed by atoms with Gasteiger partial charge in [0.25, 0.3) is 0 Å². The van der Waals surface area contributed by atoms with Crippen molar-refractivity contribution in [3.63, 3.8) is 0 Å². The average Bonchev–Trinajstić information content (AvgIpc) is 2.63. The van der Waals surface area contributed by atoms with Crippen LogP contribution in [0.25, 0.3) is 0 Å². The molecule has 0 spiro atoms. The zero-order valence-corrected chi connectivity index (χ0v) is 9.59. The van der Waals surface area contributed by atoms with Crippen LogP contribution in [0.1, 0.15) is 13.3 Å². The van der Waals surface area contributed by atoms with Crippen molar-refractivity contribution >= 4 is 12.0 Å². The van der Waals surface area contributed by atoms with Crippen molar-refractivity contribution in [2.24, 2.45) is 5.92 Å². The molecule has 0 bridgehead atoms. The third-order valence-corrected chi connectivity index (χ3v) is 2.73. The van der Waals surface area contributed by atoms with Gasteiger partial charge in [0, 0.05) is 26.7 Å². The molecule has 1 heterocycles. The van der Waals surface area contributed by atoms with Gasteiger partial charge in [-0.1, -0.05) is 6.92 Å². The zero-order chi connectivity index (χ0) is 12.3. The third kappa shape index (κ3) is 3.10. The van der Waals surface area contributed by atoms with E-state index in [-0.39, 0.29) is 12.6 Å². The first-order valence-corrected chi connectivity index (χ1v) is 5.32. The number of carbonyl (C=O) groups is 2. The Hall–Kier alpha value is -1.30. The Balaban J connectivity index is 2.44. The Labute approximate surface area is 94.4 Å². The fraction of sp³-hybridized carbons (Fsp3) is 0.800. The molecule has 6 heteroatoms. The van der Waals surface area contributed by atoms with Gasteiger partial charge in [-0.05, 0) is 6.42 Å². The van der Waals surface area contributed by atoms with E-state index in [1.807, 2.05) is 0 Å². The van der Waals surface area contributed by atoms with E-state index >= 15 is 0 Å². The lowest BCUT2D eigenvalue weighted by Crippen LogP contribution is -2.42. The lowest BCUT2D eigenvalue weighted by molar-refractivity contribution is -0.141. The number of amides is 2. The van der Waals surface area contributed by atoms with Gasteiger partial charge in [-0.2, -0.15) is 0 Å². The number of β-amino-alcohol motifs (C(OH)–C–C–N with tert-alkyl or cyclic N) is 1. The molecule has 16 heavy (non-hydrogen) atoms. The van der Waals surface area contributed by atoms with Gasteiger partial charge in [0.15, 0.2) is 0 Å². The van der Waals surface area contributed by atoms with Gasteiger partial charge < -0.3 is 20.0 Å². The molecule has 0 aliphatic carbocycles. The van der Waals surface area contributed by atoms with Gasteiger partial charge in [-0.25, -0.2) is 4.79 Å². The number of carbonyl (C=O) groups excluding carboxylic acids is 1. The molecule has 6 nitrogen and oxygen atoms in total. The van der Waals surface area contributed by atoms with E-state index < -0.39 is 18.0 Å². The summed E-state index contributed by atoms with van der Waals surface area (Å²) in [6, 6.07) is -0.218. The molecule has 0 aromatic carbocycles. The lowest BCUT2D eigenvalue weighted by atomic mass is 10.2. The van der Waals surface area contributed by atoms with Crippen LogP contribution in [-0.4, -0.2) is 64.8 Å². The van der Waals surface area contributed by atoms with Gasteiger partial charge >= 0.3 is 12.0 Å². The number of aliphatic hydroxyl groups excluding tert-OH is 1. The minimum absolute atomic E-state index is 0.181. The minimum atomic E-state index is -0.916. The van der Waals surface area contributed by atoms with Gasteiger partial charge in [0.2, 0.25) is 0 Å². The van der Waals surface area contributed by atoms with Crippen LogP contribution in [0, 0.1) is 5.92 Å². The molecule has 2 unspecified atom stereocenters. The number of aliphatic carboxylic acids is 1. The number of rotatable bonds is 3. The van der Waals surface area contributed by atoms with Crippen molar-refractivity contribution in [1.29, 1.82) is 0 Å². The first-order valence-electron chi connectivity index (χ1n) is 5.32. The average molecular weight is 230 g/mol. The van der Waals surface area contributed by atoms with Crippen molar-refractivity contribution in [3.8, 4) is 0 Å². The van der Waals surface area contributed by atoms with Crippen LogP contribution in [0.4, 0.5) is 4.79 Å². The van der Waals surface area contributed by atoms with Crippen LogP contribution in [0.5, 0.6) is 0 Å². The molecule has 0 radical (unpaired) electrons. The number of urea groups is 1. The molecule has 0 aromatic heterocycles. The van der Waals surface area contributed by atoms with Crippen molar-refractivity contribution in [3.05, 3.63) is 0 Å². The Morgan fingerprint density at radius 2 is 2.19 bits per heavy atom. The summed E-state index contributed by atoms with van der Waals surface area (Å²) in [4.78, 5) is 25.4. The van der Waals surface area contributed by atoms with Crippen molar-refractivity contribution in [2.45, 2.75) is 19.4 Å². The predicted octanol–water partition coefficient (Wildman–Crippen LogP) is -0.175. The van der Waals surface area contributed by atoms with Gasteiger partial charge in [0.05, 0.1) is 12.0 Å². The highest BCUT2D eigenvalue weighted by Gasteiger charge is 2.27. The molecule has 92 valence electrons. The first-order chi connectivity index (χ1) is 7.41. The third-order valence-electron chi connectivity index (χ3n) is 2.73. The molecule has 1 rings (SSSR count). The highest BCUT2D eigenvalue weighted by atomic mass is 16.4. The number of carboxylic acid groups (broad SMARTS) is 1. The quantitative estimate of drug-likeness (QED) is 0.705. The second kappa shape index (κ2) is 5.16. The van der Waals surface area contributed by atoms with Crippen LogP contribution in [-0.2, 0) is 4.79 Å². The second-order valence-corrected chi connectivity index (χ2v) is 4.29. The Bertz CT molecular complexity index is 282. The molecular formula is C10H18N2O4. The van der Waals surface area contributed by atoms with E-state index in [2.05, 4.69) is 0 Å². The molecular weight excluding hydrogens is 212 g/mol. The van der Waals surface area contributed by atoms with Crippen molar-refractivity contribution in [2.75, 3.05) is 26.7 Å². The van der Waals surface area contributed by atoms with E-state index in [9.17, 15) is 14.7 Å². The molecule has 2 atom stereocenters. The number of likely N-dealkylation sites (tertiary alicyclic amines) is 1. The number of aliphatic hydroxyl groups is 1. The minimum Gasteiger partial charge on any atom is -0.481 e. The maximum absolute atomic E-state index is 11.8. The fourth-order valence-corrected chi connectivity index (χ4v) is 1.72. The highest BCUT2D eigenvalue weighted by Crippen LogP contribution is 2.11. The summed E-state index contributed by atoms with van der Waals surface area (Å²) >= 11 is 0. The van der Waals surface area contributed by atoms with Crippen LogP contribution in [0.2, 0.25) is 0 Å². The van der Waals surface area contributed by atoms with Crippen LogP contribution < -0.4 is 0 Å². The van der Waals surface area contributed by atoms with Crippen LogP contribution in [0.15, 0.2) is 0 Å². The second-order valence-electron chi connectivity index (χ2n) is 4.29. The topological polar surface area (TPSA) is 81.1 Å². The lowest BCUT2D eigenvalue weighted by Gasteiger charge is -2.25. The van der Waals surface area contributed by atoms with Gasteiger partial charge in [-0.3, -0.25) is 4.79 Å². The molecule has 1 saturated heterocycles. The van der Waals surface area contributed by atoms with E-state index in [1.54, 1.807) is 18.9 Å².